The summed E-state index contributed by atoms with van der Waals surface area (Å²) in [5, 5.41) is 28.1. The molecule has 4 atom stereocenters. The normalized spacial score (nSPS) is 32.7. The van der Waals surface area contributed by atoms with E-state index in [0.29, 0.717) is 13.1 Å². The Hall–Kier alpha value is -1.34. The molecule has 2 aliphatic rings. The van der Waals surface area contributed by atoms with Crippen molar-refractivity contribution in [1.29, 1.82) is 0 Å². The van der Waals surface area contributed by atoms with Gasteiger partial charge in [-0.25, -0.2) is 9.59 Å². The van der Waals surface area contributed by atoms with Crippen LogP contribution in [0.2, 0.25) is 0 Å². The van der Waals surface area contributed by atoms with E-state index in [1.165, 1.54) is 4.90 Å². The SMILES string of the molecule is CC(O)C1CCN(C(=O)N2C[C@H](O)C[C@H]2C(=O)O)C1. The summed E-state index contributed by atoms with van der Waals surface area (Å²) < 4.78 is 0. The van der Waals surface area contributed by atoms with Crippen LogP contribution < -0.4 is 0 Å². The Kier molecular flexibility index (Phi) is 3.96. The minimum absolute atomic E-state index is 0.0414. The quantitative estimate of drug-likeness (QED) is 0.619. The van der Waals surface area contributed by atoms with Gasteiger partial charge in [0.15, 0.2) is 0 Å². The number of carbonyl (C=O) groups excluding carboxylic acids is 1. The number of hydrogen-bond donors (Lipinski definition) is 3. The molecule has 7 heteroatoms. The monoisotopic (exact) mass is 272 g/mol. The average molecular weight is 272 g/mol. The third-order valence-corrected chi connectivity index (χ3v) is 3.99. The standard InChI is InChI=1S/C12H20N2O5/c1-7(15)8-2-3-13(5-8)12(19)14-6-9(16)4-10(14)11(17)18/h7-10,15-16H,2-6H2,1H3,(H,17,18)/t7?,8?,9-,10+/m1/s1. The van der Waals surface area contributed by atoms with Gasteiger partial charge in [0.05, 0.1) is 12.2 Å². The molecule has 0 spiro atoms. The zero-order valence-electron chi connectivity index (χ0n) is 10.9. The van der Waals surface area contributed by atoms with Crippen molar-refractivity contribution in [2.75, 3.05) is 19.6 Å². The van der Waals surface area contributed by atoms with Crippen LogP contribution in [0.15, 0.2) is 0 Å². The minimum Gasteiger partial charge on any atom is -0.480 e. The second kappa shape index (κ2) is 5.34. The van der Waals surface area contributed by atoms with E-state index in [-0.39, 0.29) is 24.9 Å². The Balaban J connectivity index is 2.01. The summed E-state index contributed by atoms with van der Waals surface area (Å²) in [5.41, 5.74) is 0. The van der Waals surface area contributed by atoms with E-state index in [9.17, 15) is 19.8 Å². The second-order valence-electron chi connectivity index (χ2n) is 5.41. The van der Waals surface area contributed by atoms with E-state index in [1.807, 2.05) is 0 Å². The van der Waals surface area contributed by atoms with Gasteiger partial charge in [-0.1, -0.05) is 0 Å². The molecule has 0 aromatic heterocycles. The smallest absolute Gasteiger partial charge is 0.326 e. The Bertz CT molecular complexity index is 373. The topological polar surface area (TPSA) is 101 Å². The van der Waals surface area contributed by atoms with Crippen molar-refractivity contribution in [3.63, 3.8) is 0 Å². The number of nitrogens with zero attached hydrogens (tertiary/aromatic N) is 2. The zero-order valence-corrected chi connectivity index (χ0v) is 10.9. The van der Waals surface area contributed by atoms with Gasteiger partial charge >= 0.3 is 12.0 Å². The van der Waals surface area contributed by atoms with Crippen LogP contribution in [0.1, 0.15) is 19.8 Å². The summed E-state index contributed by atoms with van der Waals surface area (Å²) in [4.78, 5) is 26.1. The number of aliphatic hydroxyl groups is 2. The summed E-state index contributed by atoms with van der Waals surface area (Å²) in [7, 11) is 0. The molecular weight excluding hydrogens is 252 g/mol. The van der Waals surface area contributed by atoms with Gasteiger partial charge in [0, 0.05) is 32.0 Å². The minimum atomic E-state index is -1.09. The summed E-state index contributed by atoms with van der Waals surface area (Å²) in [6.07, 6.45) is -0.454. The van der Waals surface area contributed by atoms with Crippen molar-refractivity contribution in [2.24, 2.45) is 5.92 Å². The van der Waals surface area contributed by atoms with E-state index in [1.54, 1.807) is 11.8 Å². The molecule has 0 aromatic carbocycles. The molecule has 2 unspecified atom stereocenters. The lowest BCUT2D eigenvalue weighted by molar-refractivity contribution is -0.141. The largest absolute Gasteiger partial charge is 0.480 e. The van der Waals surface area contributed by atoms with Gasteiger partial charge in [-0.3, -0.25) is 0 Å². The highest BCUT2D eigenvalue weighted by Gasteiger charge is 2.42. The molecule has 2 fully saturated rings. The molecule has 0 bridgehead atoms. The highest BCUT2D eigenvalue weighted by atomic mass is 16.4. The van der Waals surface area contributed by atoms with Gasteiger partial charge < -0.3 is 25.1 Å². The number of aliphatic carboxylic acids is 1. The molecule has 2 aliphatic heterocycles. The van der Waals surface area contributed by atoms with Crippen molar-refractivity contribution in [1.82, 2.24) is 9.80 Å². The fourth-order valence-electron chi connectivity index (χ4n) is 2.80. The van der Waals surface area contributed by atoms with Crippen LogP contribution in [-0.4, -0.2) is 75.0 Å². The first-order valence-corrected chi connectivity index (χ1v) is 6.54. The van der Waals surface area contributed by atoms with Crippen LogP contribution in [0, 0.1) is 5.92 Å². The maximum absolute atomic E-state index is 12.3. The molecule has 2 rings (SSSR count). The third-order valence-electron chi connectivity index (χ3n) is 3.99. The molecule has 0 saturated carbocycles. The predicted molar refractivity (Wildman–Crippen MR) is 65.5 cm³/mol. The number of aliphatic hydroxyl groups excluding tert-OH is 2. The molecular formula is C12H20N2O5. The number of likely N-dealkylation sites (tertiary alicyclic amines) is 2. The van der Waals surface area contributed by atoms with E-state index in [4.69, 9.17) is 5.11 Å². The Morgan fingerprint density at radius 1 is 1.32 bits per heavy atom. The Labute approximate surface area is 111 Å². The summed E-state index contributed by atoms with van der Waals surface area (Å²) in [6.45, 7) is 2.71. The van der Waals surface area contributed by atoms with E-state index < -0.39 is 24.2 Å². The molecule has 2 heterocycles. The third kappa shape index (κ3) is 2.82. The van der Waals surface area contributed by atoms with Crippen molar-refractivity contribution in [3.05, 3.63) is 0 Å². The molecule has 108 valence electrons. The highest BCUT2D eigenvalue weighted by molar-refractivity contribution is 5.83. The second-order valence-corrected chi connectivity index (χ2v) is 5.41. The van der Waals surface area contributed by atoms with E-state index in [2.05, 4.69) is 0 Å². The lowest BCUT2D eigenvalue weighted by Gasteiger charge is -2.27. The number of carboxylic acids is 1. The lowest BCUT2D eigenvalue weighted by Crippen LogP contribution is -2.47. The molecule has 2 saturated heterocycles. The number of carbonyl (C=O) groups is 2. The maximum atomic E-state index is 12.3. The number of hydrogen-bond acceptors (Lipinski definition) is 4. The van der Waals surface area contributed by atoms with Crippen molar-refractivity contribution in [3.8, 4) is 0 Å². The van der Waals surface area contributed by atoms with E-state index in [0.717, 1.165) is 6.42 Å². The number of urea groups is 1. The lowest BCUT2D eigenvalue weighted by atomic mass is 10.0. The summed E-state index contributed by atoms with van der Waals surface area (Å²) in [5.74, 6) is -1.05. The molecule has 19 heavy (non-hydrogen) atoms. The molecule has 7 nitrogen and oxygen atoms in total. The first-order chi connectivity index (χ1) is 8.90. The summed E-state index contributed by atoms with van der Waals surface area (Å²) >= 11 is 0. The average Bonchev–Trinajstić information content (AvgIpc) is 2.94. The molecule has 0 aromatic rings. The van der Waals surface area contributed by atoms with Crippen LogP contribution >= 0.6 is 0 Å². The Morgan fingerprint density at radius 3 is 2.53 bits per heavy atom. The zero-order chi connectivity index (χ0) is 14.2. The molecule has 0 aliphatic carbocycles. The van der Waals surface area contributed by atoms with Gasteiger partial charge in [-0.2, -0.15) is 0 Å². The molecule has 3 N–H and O–H groups in total. The molecule has 0 radical (unpaired) electrons. The van der Waals surface area contributed by atoms with Gasteiger partial charge in [-0.15, -0.1) is 0 Å². The summed E-state index contributed by atoms with van der Waals surface area (Å²) in [6, 6.07) is -1.31. The van der Waals surface area contributed by atoms with Crippen LogP contribution in [0.4, 0.5) is 4.79 Å². The van der Waals surface area contributed by atoms with Crippen molar-refractivity contribution >= 4 is 12.0 Å². The van der Waals surface area contributed by atoms with Crippen LogP contribution in [0.5, 0.6) is 0 Å². The number of amides is 2. The van der Waals surface area contributed by atoms with Gasteiger partial charge in [0.2, 0.25) is 0 Å². The first-order valence-electron chi connectivity index (χ1n) is 6.54. The van der Waals surface area contributed by atoms with Gasteiger partial charge in [0.1, 0.15) is 6.04 Å². The van der Waals surface area contributed by atoms with Crippen molar-refractivity contribution in [2.45, 2.75) is 38.0 Å². The number of β-amino-alcohol motifs (C(OH)–C–C–N with tert-alkyl or cyclic N) is 1. The van der Waals surface area contributed by atoms with Gasteiger partial charge in [-0.05, 0) is 13.3 Å². The molecule has 2 amide bonds. The van der Waals surface area contributed by atoms with Crippen LogP contribution in [0.3, 0.4) is 0 Å². The van der Waals surface area contributed by atoms with Gasteiger partial charge in [0.25, 0.3) is 0 Å². The predicted octanol–water partition coefficient (Wildman–Crippen LogP) is -0.671. The Morgan fingerprint density at radius 2 is 2.00 bits per heavy atom. The van der Waals surface area contributed by atoms with E-state index >= 15 is 0 Å². The maximum Gasteiger partial charge on any atom is 0.326 e. The fourth-order valence-corrected chi connectivity index (χ4v) is 2.80. The number of rotatable bonds is 2. The number of carboxylic acid groups (broad SMARTS) is 1. The van der Waals surface area contributed by atoms with Crippen LogP contribution in [-0.2, 0) is 4.79 Å². The van der Waals surface area contributed by atoms with Crippen LogP contribution in [0.25, 0.3) is 0 Å². The van der Waals surface area contributed by atoms with Crippen molar-refractivity contribution < 1.29 is 24.9 Å². The fraction of sp³-hybridized carbons (Fsp3) is 0.833. The highest BCUT2D eigenvalue weighted by Crippen LogP contribution is 2.25. The first kappa shape index (κ1) is 14.1.